The molecule has 0 aliphatic carbocycles. The summed E-state index contributed by atoms with van der Waals surface area (Å²) in [6, 6.07) is -0.420. The number of carbonyl (C=O) groups is 2. The number of hydrogen-bond donors (Lipinski definition) is 3. The van der Waals surface area contributed by atoms with E-state index in [4.69, 9.17) is 5.73 Å². The highest BCUT2D eigenvalue weighted by Crippen LogP contribution is 1.96. The van der Waals surface area contributed by atoms with Gasteiger partial charge in [0.15, 0.2) is 0 Å². The molecule has 0 rings (SSSR count). The number of amides is 2. The third-order valence-corrected chi connectivity index (χ3v) is 1.90. The fraction of sp³-hybridized carbons (Fsp3) is 0.818. The summed E-state index contributed by atoms with van der Waals surface area (Å²) in [6.07, 6.45) is 0.655. The Kier molecular flexibility index (Phi) is 6.72. The molecule has 0 aliphatic heterocycles. The van der Waals surface area contributed by atoms with Crippen LogP contribution in [-0.4, -0.2) is 29.9 Å². The van der Waals surface area contributed by atoms with Gasteiger partial charge in [0.05, 0.1) is 6.04 Å². The zero-order valence-electron chi connectivity index (χ0n) is 10.5. The maximum absolute atomic E-state index is 11.4. The highest BCUT2D eigenvalue weighted by atomic mass is 16.2. The quantitative estimate of drug-likeness (QED) is 0.606. The van der Waals surface area contributed by atoms with Crippen LogP contribution in [0.15, 0.2) is 0 Å². The molecule has 4 N–H and O–H groups in total. The minimum atomic E-state index is -0.611. The van der Waals surface area contributed by atoms with E-state index in [9.17, 15) is 9.59 Å². The zero-order chi connectivity index (χ0) is 12.7. The van der Waals surface area contributed by atoms with Crippen LogP contribution >= 0.6 is 0 Å². The first-order chi connectivity index (χ1) is 7.32. The molecule has 16 heavy (non-hydrogen) atoms. The molecule has 0 spiro atoms. The number of carbonyl (C=O) groups excluding carboxylic acids is 2. The molecule has 0 aromatic rings. The molecular weight excluding hydrogens is 206 g/mol. The van der Waals surface area contributed by atoms with Crippen molar-refractivity contribution in [1.29, 1.82) is 0 Å². The predicted molar refractivity (Wildman–Crippen MR) is 63.8 cm³/mol. The summed E-state index contributed by atoms with van der Waals surface area (Å²) in [7, 11) is 0. The van der Waals surface area contributed by atoms with Crippen LogP contribution in [0, 0.1) is 0 Å². The lowest BCUT2D eigenvalue weighted by molar-refractivity contribution is -0.123. The molecule has 2 amide bonds. The van der Waals surface area contributed by atoms with Gasteiger partial charge >= 0.3 is 0 Å². The van der Waals surface area contributed by atoms with Crippen molar-refractivity contribution in [2.75, 3.05) is 0 Å². The number of nitrogens with two attached hydrogens (primary N) is 1. The van der Waals surface area contributed by atoms with Crippen molar-refractivity contribution in [3.05, 3.63) is 0 Å². The topological polar surface area (TPSA) is 84.2 Å². The summed E-state index contributed by atoms with van der Waals surface area (Å²) in [5, 5.41) is 5.46. The minimum Gasteiger partial charge on any atom is -0.354 e. The summed E-state index contributed by atoms with van der Waals surface area (Å²) in [6.45, 7) is 7.53. The standard InChI is InChI=1S/C11H23N3O2/c1-7(2)13-10(15)6-5-9(12)11(16)14-8(3)4/h7-9H,5-6,12H2,1-4H3,(H,13,15)(H,14,16)/t9-/m1/s1. The number of nitrogens with one attached hydrogen (secondary N) is 2. The van der Waals surface area contributed by atoms with Gasteiger partial charge in [-0.05, 0) is 34.1 Å². The molecule has 0 heterocycles. The molecule has 5 nitrogen and oxygen atoms in total. The maximum atomic E-state index is 11.4. The Morgan fingerprint density at radius 2 is 1.56 bits per heavy atom. The molecular formula is C11H23N3O2. The fourth-order valence-electron chi connectivity index (χ4n) is 1.20. The first-order valence-electron chi connectivity index (χ1n) is 5.68. The third-order valence-electron chi connectivity index (χ3n) is 1.90. The lowest BCUT2D eigenvalue weighted by atomic mass is 10.1. The SMILES string of the molecule is CC(C)NC(=O)CC[C@@H](N)C(=O)NC(C)C. The Balaban J connectivity index is 3.84. The van der Waals surface area contributed by atoms with Crippen molar-refractivity contribution in [3.8, 4) is 0 Å². The van der Waals surface area contributed by atoms with Gasteiger partial charge in [-0.25, -0.2) is 0 Å². The maximum Gasteiger partial charge on any atom is 0.237 e. The Bertz CT molecular complexity index is 239. The van der Waals surface area contributed by atoms with Gasteiger partial charge in [0, 0.05) is 18.5 Å². The Labute approximate surface area is 97.2 Å². The fourth-order valence-corrected chi connectivity index (χ4v) is 1.20. The molecule has 0 unspecified atom stereocenters. The summed E-state index contributed by atoms with van der Waals surface area (Å²) in [5.74, 6) is -0.268. The first kappa shape index (κ1) is 14.9. The first-order valence-corrected chi connectivity index (χ1v) is 5.68. The van der Waals surface area contributed by atoms with Crippen molar-refractivity contribution in [1.82, 2.24) is 10.6 Å². The number of rotatable bonds is 6. The predicted octanol–water partition coefficient (Wildman–Crippen LogP) is 0.143. The zero-order valence-corrected chi connectivity index (χ0v) is 10.5. The highest BCUT2D eigenvalue weighted by molar-refractivity contribution is 5.83. The van der Waals surface area contributed by atoms with Gasteiger partial charge in [0.1, 0.15) is 0 Å². The average molecular weight is 229 g/mol. The molecule has 0 aromatic heterocycles. The van der Waals surface area contributed by atoms with E-state index in [1.165, 1.54) is 0 Å². The van der Waals surface area contributed by atoms with Crippen LogP contribution in [0.4, 0.5) is 0 Å². The van der Waals surface area contributed by atoms with E-state index >= 15 is 0 Å². The number of hydrogen-bond acceptors (Lipinski definition) is 3. The molecule has 94 valence electrons. The van der Waals surface area contributed by atoms with Crippen LogP contribution in [0.5, 0.6) is 0 Å². The molecule has 0 aliphatic rings. The summed E-state index contributed by atoms with van der Waals surface area (Å²) in [5.41, 5.74) is 5.65. The van der Waals surface area contributed by atoms with E-state index in [1.54, 1.807) is 0 Å². The van der Waals surface area contributed by atoms with E-state index in [-0.39, 0.29) is 30.3 Å². The second kappa shape index (κ2) is 7.22. The second-order valence-corrected chi connectivity index (χ2v) is 4.53. The highest BCUT2D eigenvalue weighted by Gasteiger charge is 2.15. The molecule has 0 saturated carbocycles. The van der Waals surface area contributed by atoms with Crippen LogP contribution in [-0.2, 0) is 9.59 Å². The van der Waals surface area contributed by atoms with E-state index in [1.807, 2.05) is 27.7 Å². The van der Waals surface area contributed by atoms with Gasteiger partial charge in [-0.1, -0.05) is 0 Å². The van der Waals surface area contributed by atoms with Crippen LogP contribution in [0.25, 0.3) is 0 Å². The van der Waals surface area contributed by atoms with Gasteiger partial charge in [0.2, 0.25) is 11.8 Å². The second-order valence-electron chi connectivity index (χ2n) is 4.53. The summed E-state index contributed by atoms with van der Waals surface area (Å²) in [4.78, 5) is 22.7. The molecule has 0 radical (unpaired) electrons. The largest absolute Gasteiger partial charge is 0.354 e. The Hall–Kier alpha value is -1.10. The van der Waals surface area contributed by atoms with Crippen LogP contribution in [0.1, 0.15) is 40.5 Å². The lowest BCUT2D eigenvalue weighted by Crippen LogP contribution is -2.44. The van der Waals surface area contributed by atoms with Gasteiger partial charge in [0.25, 0.3) is 0 Å². The van der Waals surface area contributed by atoms with Gasteiger partial charge < -0.3 is 16.4 Å². The molecule has 0 fully saturated rings. The van der Waals surface area contributed by atoms with E-state index in [0.29, 0.717) is 6.42 Å². The van der Waals surface area contributed by atoms with Crippen molar-refractivity contribution in [2.24, 2.45) is 5.73 Å². The lowest BCUT2D eigenvalue weighted by Gasteiger charge is -2.14. The van der Waals surface area contributed by atoms with Gasteiger partial charge in [-0.2, -0.15) is 0 Å². The van der Waals surface area contributed by atoms with Gasteiger partial charge in [-0.3, -0.25) is 9.59 Å². The Morgan fingerprint density at radius 1 is 1.06 bits per heavy atom. The van der Waals surface area contributed by atoms with Gasteiger partial charge in [-0.15, -0.1) is 0 Å². The van der Waals surface area contributed by atoms with Crippen LogP contribution < -0.4 is 16.4 Å². The molecule has 1 atom stereocenters. The van der Waals surface area contributed by atoms with Crippen molar-refractivity contribution < 1.29 is 9.59 Å². The van der Waals surface area contributed by atoms with E-state index in [0.717, 1.165) is 0 Å². The monoisotopic (exact) mass is 229 g/mol. The third kappa shape index (κ3) is 7.23. The Morgan fingerprint density at radius 3 is 2.00 bits per heavy atom. The molecule has 0 aromatic carbocycles. The minimum absolute atomic E-state index is 0.0669. The van der Waals surface area contributed by atoms with E-state index < -0.39 is 6.04 Å². The summed E-state index contributed by atoms with van der Waals surface area (Å²) < 4.78 is 0. The normalized spacial score (nSPS) is 12.7. The van der Waals surface area contributed by atoms with Crippen molar-refractivity contribution >= 4 is 11.8 Å². The van der Waals surface area contributed by atoms with Crippen molar-refractivity contribution in [2.45, 2.75) is 58.7 Å². The average Bonchev–Trinajstić information content (AvgIpc) is 2.11. The molecule has 0 saturated heterocycles. The van der Waals surface area contributed by atoms with Crippen molar-refractivity contribution in [3.63, 3.8) is 0 Å². The smallest absolute Gasteiger partial charge is 0.237 e. The van der Waals surface area contributed by atoms with E-state index in [2.05, 4.69) is 10.6 Å². The summed E-state index contributed by atoms with van der Waals surface area (Å²) >= 11 is 0. The molecule has 5 heteroatoms. The van der Waals surface area contributed by atoms with Crippen LogP contribution in [0.2, 0.25) is 0 Å². The van der Waals surface area contributed by atoms with Crippen LogP contribution in [0.3, 0.4) is 0 Å². The molecule has 0 bridgehead atoms.